The standard InChI is InChI=1S/C21H23FN6O/c1-5-16-20(29)26(4)17-12-24-21(25-19(17)28(16)13(2)3)27-11-10-23-18(27)14-6-8-15(22)9-7-14/h6-13,16H,5H2,1-4H3/t16-/m1/s1/i1D3,2D3,3D3,4D3,5D2,13D. The Bertz CT molecular complexity index is 1550. The largest absolute Gasteiger partial charge is 0.340 e. The lowest BCUT2D eigenvalue weighted by atomic mass is 10.1. The first kappa shape index (κ1) is 8.22. The van der Waals surface area contributed by atoms with E-state index in [1.165, 1.54) is 24.5 Å². The maximum Gasteiger partial charge on any atom is 0.249 e. The van der Waals surface area contributed by atoms with E-state index in [4.69, 9.17) is 20.6 Å². The van der Waals surface area contributed by atoms with Crippen LogP contribution in [0.2, 0.25) is 0 Å². The number of carbonyl (C=O) groups is 1. The number of carbonyl (C=O) groups excluding carboxylic acids is 1. The van der Waals surface area contributed by atoms with Gasteiger partial charge in [-0.2, -0.15) is 4.98 Å². The van der Waals surface area contributed by atoms with Gasteiger partial charge in [-0.05, 0) is 44.3 Å². The SMILES string of the molecule is [2H]C([2H])([2H])N1C(=O)[C@@H](C([2H])([2H])C([2H])([2H])[2H])N(C([2H])(C([2H])([2H])[2H])C([2H])([2H])[2H])c2nc(-n3ccnc3-c3ccc(F)cc3)ncc21. The highest BCUT2D eigenvalue weighted by atomic mass is 19.1. The molecule has 0 unspecified atom stereocenters. The van der Waals surface area contributed by atoms with Crippen molar-refractivity contribution in [1.29, 1.82) is 0 Å². The van der Waals surface area contributed by atoms with Gasteiger partial charge in [0, 0.05) is 50.1 Å². The zero-order valence-corrected chi connectivity index (χ0v) is 14.6. The molecule has 2 aromatic heterocycles. The number of benzene rings is 1. The first-order valence-electron chi connectivity index (χ1n) is 15.7. The lowest BCUT2D eigenvalue weighted by molar-refractivity contribution is -0.120. The molecule has 0 radical (unpaired) electrons. The van der Waals surface area contributed by atoms with E-state index in [2.05, 4.69) is 15.0 Å². The first-order chi connectivity index (χ1) is 19.9. The van der Waals surface area contributed by atoms with E-state index < -0.39 is 75.1 Å². The lowest BCUT2D eigenvalue weighted by Crippen LogP contribution is -2.55. The molecule has 150 valence electrons. The summed E-state index contributed by atoms with van der Waals surface area (Å²) in [7, 11) is 0. The van der Waals surface area contributed by atoms with Crippen LogP contribution in [-0.2, 0) is 4.79 Å². The number of amides is 1. The van der Waals surface area contributed by atoms with Gasteiger partial charge in [-0.1, -0.05) is 6.85 Å². The van der Waals surface area contributed by atoms with Crippen molar-refractivity contribution in [2.45, 2.75) is 39.0 Å². The highest BCUT2D eigenvalue weighted by molar-refractivity contribution is 6.04. The van der Waals surface area contributed by atoms with Crippen LogP contribution in [-0.4, -0.2) is 44.5 Å². The number of fused-ring (bicyclic) bond motifs is 1. The van der Waals surface area contributed by atoms with E-state index in [1.807, 2.05) is 0 Å². The Morgan fingerprint density at radius 1 is 1.31 bits per heavy atom. The predicted octanol–water partition coefficient (Wildman–Crippen LogP) is 3.44. The van der Waals surface area contributed by atoms with Crippen molar-refractivity contribution in [2.24, 2.45) is 0 Å². The fraction of sp³-hybridized carbons (Fsp3) is 0.333. The van der Waals surface area contributed by atoms with Crippen molar-refractivity contribution in [3.63, 3.8) is 0 Å². The topological polar surface area (TPSA) is 67.2 Å². The van der Waals surface area contributed by atoms with Gasteiger partial charge in [-0.15, -0.1) is 0 Å². The summed E-state index contributed by atoms with van der Waals surface area (Å²) in [6.45, 7) is -15.0. The third-order valence-electron chi connectivity index (χ3n) is 4.26. The minimum absolute atomic E-state index is 0.0366. The molecule has 0 fully saturated rings. The summed E-state index contributed by atoms with van der Waals surface area (Å²) >= 11 is 0. The minimum Gasteiger partial charge on any atom is -0.340 e. The Labute approximate surface area is 189 Å². The summed E-state index contributed by atoms with van der Waals surface area (Å²) in [5.41, 5.74) is -0.532. The summed E-state index contributed by atoms with van der Waals surface area (Å²) in [5, 5.41) is 0. The molecule has 8 heteroatoms. The van der Waals surface area contributed by atoms with Crippen LogP contribution in [0.3, 0.4) is 0 Å². The highest BCUT2D eigenvalue weighted by Gasteiger charge is 2.38. The van der Waals surface area contributed by atoms with Gasteiger partial charge in [0.15, 0.2) is 5.82 Å². The minimum atomic E-state index is -3.96. The van der Waals surface area contributed by atoms with Crippen LogP contribution in [0.5, 0.6) is 0 Å². The van der Waals surface area contributed by atoms with Crippen molar-refractivity contribution in [3.05, 3.63) is 48.7 Å². The maximum absolute atomic E-state index is 13.8. The van der Waals surface area contributed by atoms with E-state index in [-0.39, 0.29) is 15.6 Å². The molecule has 3 aromatic rings. The molecule has 7 nitrogen and oxygen atoms in total. The molecule has 1 amide bonds. The second-order valence-corrected chi connectivity index (χ2v) is 5.95. The number of nitrogens with zero attached hydrogens (tertiary/aromatic N) is 6. The van der Waals surface area contributed by atoms with Gasteiger partial charge < -0.3 is 9.80 Å². The predicted molar refractivity (Wildman–Crippen MR) is 110 cm³/mol. The second kappa shape index (κ2) is 7.27. The zero-order valence-electron chi connectivity index (χ0n) is 29.6. The molecule has 0 spiro atoms. The summed E-state index contributed by atoms with van der Waals surface area (Å²) in [5.74, 6) is -3.87. The molecule has 0 saturated carbocycles. The van der Waals surface area contributed by atoms with Gasteiger partial charge in [0.05, 0.1) is 7.57 Å². The van der Waals surface area contributed by atoms with E-state index in [1.54, 1.807) is 0 Å². The Hall–Kier alpha value is -3.29. The second-order valence-electron chi connectivity index (χ2n) is 5.95. The Kier molecular flexibility index (Phi) is 2.06. The molecular weight excluding hydrogens is 371 g/mol. The monoisotopic (exact) mass is 409 g/mol. The maximum atomic E-state index is 13.8. The molecule has 1 aliphatic rings. The molecule has 0 bridgehead atoms. The van der Waals surface area contributed by atoms with Crippen LogP contribution in [0, 0.1) is 5.82 Å². The number of aromatic nitrogens is 4. The number of hydrogen-bond donors (Lipinski definition) is 0. The first-order valence-corrected chi connectivity index (χ1v) is 8.16. The van der Waals surface area contributed by atoms with Gasteiger partial charge in [0.1, 0.15) is 23.4 Å². The van der Waals surface area contributed by atoms with Crippen LogP contribution in [0.1, 0.15) is 47.5 Å². The van der Waals surface area contributed by atoms with Gasteiger partial charge in [-0.25, -0.2) is 14.4 Å². The fourth-order valence-electron chi connectivity index (χ4n) is 2.92. The number of likely N-dealkylation sites (N-methyl/N-ethyl adjacent to an activating group) is 1. The normalized spacial score (nSPS) is 26.7. The number of hydrogen-bond acceptors (Lipinski definition) is 5. The molecule has 4 rings (SSSR count). The molecule has 0 aliphatic carbocycles. The molecule has 1 atom stereocenters. The summed E-state index contributed by atoms with van der Waals surface area (Å²) in [6.07, 6.45) is -0.592. The van der Waals surface area contributed by atoms with E-state index >= 15 is 0 Å². The molecule has 1 aromatic carbocycles. The van der Waals surface area contributed by atoms with Crippen molar-refractivity contribution >= 4 is 17.4 Å². The molecule has 0 saturated heterocycles. The third-order valence-corrected chi connectivity index (χ3v) is 4.26. The smallest absolute Gasteiger partial charge is 0.249 e. The molecule has 29 heavy (non-hydrogen) atoms. The zero-order chi connectivity index (χ0) is 33.4. The average Bonchev–Trinajstić information content (AvgIpc) is 3.34. The van der Waals surface area contributed by atoms with Crippen LogP contribution in [0.4, 0.5) is 15.9 Å². The third kappa shape index (κ3) is 3.14. The van der Waals surface area contributed by atoms with E-state index in [0.29, 0.717) is 11.8 Å². The summed E-state index contributed by atoms with van der Waals surface area (Å²) < 4.78 is 136. The number of anilines is 2. The van der Waals surface area contributed by atoms with Crippen LogP contribution in [0.25, 0.3) is 17.3 Å². The molecule has 0 N–H and O–H groups in total. The summed E-state index contributed by atoms with van der Waals surface area (Å²) in [4.78, 5) is 26.0. The van der Waals surface area contributed by atoms with E-state index in [0.717, 1.165) is 16.7 Å². The Morgan fingerprint density at radius 2 is 2.14 bits per heavy atom. The van der Waals surface area contributed by atoms with Crippen LogP contribution >= 0.6 is 0 Å². The number of imidazole rings is 1. The molecule has 1 aliphatic heterocycles. The van der Waals surface area contributed by atoms with E-state index in [9.17, 15) is 9.18 Å². The Morgan fingerprint density at radius 3 is 2.86 bits per heavy atom. The summed E-state index contributed by atoms with van der Waals surface area (Å²) in [6, 6.07) is -2.07. The van der Waals surface area contributed by atoms with Gasteiger partial charge in [-0.3, -0.25) is 9.36 Å². The van der Waals surface area contributed by atoms with Gasteiger partial charge >= 0.3 is 0 Å². The van der Waals surface area contributed by atoms with Crippen molar-refractivity contribution in [1.82, 2.24) is 19.5 Å². The van der Waals surface area contributed by atoms with Crippen LogP contribution < -0.4 is 9.80 Å². The van der Waals surface area contributed by atoms with Crippen LogP contribution in [0.15, 0.2) is 42.9 Å². The van der Waals surface area contributed by atoms with Crippen molar-refractivity contribution in [3.8, 4) is 17.3 Å². The molecular formula is C21H23FN6O. The molecule has 3 heterocycles. The average molecular weight is 410 g/mol. The lowest BCUT2D eigenvalue weighted by Gasteiger charge is -2.42. The quantitative estimate of drug-likeness (QED) is 0.660. The number of rotatable bonds is 4. The fourth-order valence-corrected chi connectivity index (χ4v) is 2.92. The van der Waals surface area contributed by atoms with Gasteiger partial charge in [0.25, 0.3) is 0 Å². The highest BCUT2D eigenvalue weighted by Crippen LogP contribution is 2.36. The van der Waals surface area contributed by atoms with Crippen molar-refractivity contribution in [2.75, 3.05) is 16.8 Å². The number of halogens is 1. The van der Waals surface area contributed by atoms with Gasteiger partial charge in [0.2, 0.25) is 11.9 Å². The van der Waals surface area contributed by atoms with Crippen molar-refractivity contribution < 1.29 is 29.7 Å². The Balaban J connectivity index is 2.14.